The van der Waals surface area contributed by atoms with Gasteiger partial charge in [0.2, 0.25) is 0 Å². The number of rotatable bonds is 2. The lowest BCUT2D eigenvalue weighted by molar-refractivity contribution is 0.0411. The first-order valence-electron chi connectivity index (χ1n) is 6.63. The van der Waals surface area contributed by atoms with E-state index in [0.29, 0.717) is 17.4 Å². The molecule has 1 unspecified atom stereocenters. The molecule has 19 heavy (non-hydrogen) atoms. The molecule has 1 aromatic carbocycles. The highest BCUT2D eigenvalue weighted by Gasteiger charge is 2.36. The first-order chi connectivity index (χ1) is 8.94. The fourth-order valence-corrected chi connectivity index (χ4v) is 2.37. The molecule has 1 heterocycles. The number of benzene rings is 1. The van der Waals surface area contributed by atoms with Crippen molar-refractivity contribution < 1.29 is 9.53 Å². The fourth-order valence-electron chi connectivity index (χ4n) is 2.37. The Bertz CT molecular complexity index is 471. The number of carbonyl (C=O) groups is 1. The third-order valence-electron chi connectivity index (χ3n) is 3.63. The summed E-state index contributed by atoms with van der Waals surface area (Å²) in [6.45, 7) is 7.81. The van der Waals surface area contributed by atoms with Crippen LogP contribution < -0.4 is 10.1 Å². The molecule has 4 nitrogen and oxygen atoms in total. The summed E-state index contributed by atoms with van der Waals surface area (Å²) in [4.78, 5) is 14.6. The number of amides is 1. The van der Waals surface area contributed by atoms with E-state index in [1.807, 2.05) is 23.1 Å². The summed E-state index contributed by atoms with van der Waals surface area (Å²) in [5.41, 5.74) is 0.508. The molecule has 1 N–H and O–H groups in total. The van der Waals surface area contributed by atoms with Crippen LogP contribution in [0.5, 0.6) is 5.75 Å². The Labute approximate surface area is 114 Å². The first kappa shape index (κ1) is 13.9. The molecule has 1 saturated heterocycles. The van der Waals surface area contributed by atoms with Crippen molar-refractivity contribution in [2.45, 2.75) is 32.4 Å². The predicted octanol–water partition coefficient (Wildman–Crippen LogP) is 1.91. The number of ether oxygens (including phenoxy) is 1. The normalized spacial score (nSPS) is 22.1. The van der Waals surface area contributed by atoms with E-state index in [-0.39, 0.29) is 11.4 Å². The van der Waals surface area contributed by atoms with Gasteiger partial charge in [-0.2, -0.15) is 0 Å². The van der Waals surface area contributed by atoms with Crippen LogP contribution in [0.25, 0.3) is 0 Å². The molecular weight excluding hydrogens is 240 g/mol. The molecule has 2 rings (SSSR count). The van der Waals surface area contributed by atoms with E-state index in [1.54, 1.807) is 13.2 Å². The minimum absolute atomic E-state index is 0.0669. The van der Waals surface area contributed by atoms with Gasteiger partial charge in [-0.05, 0) is 39.0 Å². The van der Waals surface area contributed by atoms with Gasteiger partial charge < -0.3 is 15.0 Å². The van der Waals surface area contributed by atoms with Crippen LogP contribution in [-0.2, 0) is 0 Å². The minimum Gasteiger partial charge on any atom is -0.497 e. The van der Waals surface area contributed by atoms with Gasteiger partial charge in [-0.1, -0.05) is 6.07 Å². The average molecular weight is 262 g/mol. The lowest BCUT2D eigenvalue weighted by Gasteiger charge is -2.45. The van der Waals surface area contributed by atoms with Crippen LogP contribution >= 0.6 is 0 Å². The number of hydrogen-bond donors (Lipinski definition) is 1. The molecule has 0 radical (unpaired) electrons. The van der Waals surface area contributed by atoms with Gasteiger partial charge in [-0.3, -0.25) is 4.79 Å². The Hall–Kier alpha value is -1.55. The molecule has 4 heteroatoms. The molecule has 1 fully saturated rings. The largest absolute Gasteiger partial charge is 0.497 e. The SMILES string of the molecule is COc1cccc(C(=O)N2CC(C)NCC2(C)C)c1. The van der Waals surface area contributed by atoms with Crippen molar-refractivity contribution in [3.8, 4) is 5.75 Å². The maximum Gasteiger partial charge on any atom is 0.254 e. The third-order valence-corrected chi connectivity index (χ3v) is 3.63. The van der Waals surface area contributed by atoms with E-state index in [1.165, 1.54) is 0 Å². The smallest absolute Gasteiger partial charge is 0.254 e. The Balaban J connectivity index is 2.26. The van der Waals surface area contributed by atoms with Crippen LogP contribution in [0.4, 0.5) is 0 Å². The van der Waals surface area contributed by atoms with Gasteiger partial charge in [-0.25, -0.2) is 0 Å². The van der Waals surface area contributed by atoms with E-state index in [0.717, 1.165) is 13.1 Å². The highest BCUT2D eigenvalue weighted by atomic mass is 16.5. The summed E-state index contributed by atoms with van der Waals surface area (Å²) in [7, 11) is 1.61. The topological polar surface area (TPSA) is 41.6 Å². The lowest BCUT2D eigenvalue weighted by Crippen LogP contribution is -2.62. The van der Waals surface area contributed by atoms with Gasteiger partial charge in [0.05, 0.1) is 12.6 Å². The van der Waals surface area contributed by atoms with Gasteiger partial charge >= 0.3 is 0 Å². The zero-order chi connectivity index (χ0) is 14.0. The summed E-state index contributed by atoms with van der Waals surface area (Å²) in [6, 6.07) is 7.66. The number of hydrogen-bond acceptors (Lipinski definition) is 3. The molecule has 1 aliphatic rings. The van der Waals surface area contributed by atoms with Crippen molar-refractivity contribution in [3.63, 3.8) is 0 Å². The number of piperazine rings is 1. The summed E-state index contributed by atoms with van der Waals surface area (Å²) in [6.07, 6.45) is 0. The molecule has 0 spiro atoms. The molecule has 1 aliphatic heterocycles. The molecule has 0 aliphatic carbocycles. The highest BCUT2D eigenvalue weighted by Crippen LogP contribution is 2.23. The Morgan fingerprint density at radius 2 is 2.21 bits per heavy atom. The third kappa shape index (κ3) is 2.89. The van der Waals surface area contributed by atoms with E-state index in [4.69, 9.17) is 4.74 Å². The Kier molecular flexibility index (Phi) is 3.80. The quantitative estimate of drug-likeness (QED) is 0.885. The second kappa shape index (κ2) is 5.21. The van der Waals surface area contributed by atoms with Crippen LogP contribution in [0.2, 0.25) is 0 Å². The molecule has 1 amide bonds. The summed E-state index contributed by atoms with van der Waals surface area (Å²) < 4.78 is 5.18. The summed E-state index contributed by atoms with van der Waals surface area (Å²) in [5, 5.41) is 3.41. The van der Waals surface area contributed by atoms with Crippen molar-refractivity contribution in [1.82, 2.24) is 10.2 Å². The van der Waals surface area contributed by atoms with Crippen molar-refractivity contribution >= 4 is 5.91 Å². The van der Waals surface area contributed by atoms with Gasteiger partial charge in [0.15, 0.2) is 0 Å². The second-order valence-electron chi connectivity index (χ2n) is 5.74. The molecule has 0 bridgehead atoms. The van der Waals surface area contributed by atoms with Crippen molar-refractivity contribution in [3.05, 3.63) is 29.8 Å². The predicted molar refractivity (Wildman–Crippen MR) is 75.6 cm³/mol. The summed E-state index contributed by atoms with van der Waals surface area (Å²) in [5.74, 6) is 0.782. The first-order valence-corrected chi connectivity index (χ1v) is 6.63. The van der Waals surface area contributed by atoms with Crippen LogP contribution in [-0.4, -0.2) is 42.6 Å². The number of nitrogens with one attached hydrogen (secondary N) is 1. The average Bonchev–Trinajstić information content (AvgIpc) is 2.41. The van der Waals surface area contributed by atoms with E-state index >= 15 is 0 Å². The van der Waals surface area contributed by atoms with E-state index < -0.39 is 0 Å². The van der Waals surface area contributed by atoms with Gasteiger partial charge in [0, 0.05) is 24.7 Å². The van der Waals surface area contributed by atoms with Gasteiger partial charge in [-0.15, -0.1) is 0 Å². The van der Waals surface area contributed by atoms with Crippen LogP contribution in [0.1, 0.15) is 31.1 Å². The molecule has 1 atom stereocenters. The lowest BCUT2D eigenvalue weighted by atomic mass is 9.96. The monoisotopic (exact) mass is 262 g/mol. The van der Waals surface area contributed by atoms with E-state index in [9.17, 15) is 4.79 Å². The van der Waals surface area contributed by atoms with Crippen molar-refractivity contribution in [2.24, 2.45) is 0 Å². The fraction of sp³-hybridized carbons (Fsp3) is 0.533. The molecule has 0 saturated carbocycles. The molecule has 1 aromatic rings. The minimum atomic E-state index is -0.174. The zero-order valence-corrected chi connectivity index (χ0v) is 12.1. The molecule has 0 aromatic heterocycles. The highest BCUT2D eigenvalue weighted by molar-refractivity contribution is 5.95. The van der Waals surface area contributed by atoms with Crippen molar-refractivity contribution in [2.75, 3.05) is 20.2 Å². The molecular formula is C15H22N2O2. The van der Waals surface area contributed by atoms with Gasteiger partial charge in [0.1, 0.15) is 5.75 Å². The van der Waals surface area contributed by atoms with E-state index in [2.05, 4.69) is 26.1 Å². The maximum atomic E-state index is 12.7. The van der Waals surface area contributed by atoms with Crippen LogP contribution in [0.15, 0.2) is 24.3 Å². The Morgan fingerprint density at radius 3 is 2.89 bits per heavy atom. The zero-order valence-electron chi connectivity index (χ0n) is 12.1. The van der Waals surface area contributed by atoms with Crippen LogP contribution in [0.3, 0.4) is 0 Å². The summed E-state index contributed by atoms with van der Waals surface area (Å²) >= 11 is 0. The van der Waals surface area contributed by atoms with Gasteiger partial charge in [0.25, 0.3) is 5.91 Å². The Morgan fingerprint density at radius 1 is 1.47 bits per heavy atom. The van der Waals surface area contributed by atoms with Crippen LogP contribution in [0, 0.1) is 0 Å². The standard InChI is InChI=1S/C15H22N2O2/c1-11-9-17(15(2,3)10-16-11)14(18)12-6-5-7-13(8-12)19-4/h5-8,11,16H,9-10H2,1-4H3. The molecule has 104 valence electrons. The van der Waals surface area contributed by atoms with Crippen molar-refractivity contribution in [1.29, 1.82) is 0 Å². The maximum absolute atomic E-state index is 12.7. The number of nitrogens with zero attached hydrogens (tertiary/aromatic N) is 1. The second-order valence-corrected chi connectivity index (χ2v) is 5.74. The number of carbonyl (C=O) groups excluding carboxylic acids is 1. The number of methoxy groups -OCH3 is 1.